The summed E-state index contributed by atoms with van der Waals surface area (Å²) < 4.78 is 23.9. The number of benzene rings is 1. The first-order valence-electron chi connectivity index (χ1n) is 8.93. The first-order chi connectivity index (χ1) is 11.8. The van der Waals surface area contributed by atoms with E-state index in [9.17, 15) is 0 Å². The topological polar surface area (TPSA) is 49.0 Å². The molecule has 3 rings (SSSR count). The highest BCUT2D eigenvalue weighted by molar-refractivity contribution is 6.55. The molecule has 2 aliphatic heterocycles. The number of ether oxygens (including phenoxy) is 2. The SMILES string of the molecule is CNCC(=Cc1ccc2c(c1)OCCCO2)B1OC(C)(C)C(C)(C)O1. The van der Waals surface area contributed by atoms with Gasteiger partial charge in [0.25, 0.3) is 0 Å². The second kappa shape index (κ2) is 7.02. The molecule has 1 fully saturated rings. The Kier molecular flexibility index (Phi) is 5.14. The predicted octanol–water partition coefficient (Wildman–Crippen LogP) is 3.08. The van der Waals surface area contributed by atoms with Crippen LogP contribution in [0.3, 0.4) is 0 Å². The monoisotopic (exact) mass is 345 g/mol. The summed E-state index contributed by atoms with van der Waals surface area (Å²) in [6, 6.07) is 6.02. The maximum Gasteiger partial charge on any atom is 0.491 e. The second-order valence-electron chi connectivity index (χ2n) is 7.59. The van der Waals surface area contributed by atoms with E-state index in [2.05, 4.69) is 39.1 Å². The zero-order chi connectivity index (χ0) is 18.1. The summed E-state index contributed by atoms with van der Waals surface area (Å²) in [5, 5.41) is 3.21. The number of nitrogens with one attached hydrogen (secondary N) is 1. The third kappa shape index (κ3) is 3.86. The summed E-state index contributed by atoms with van der Waals surface area (Å²) in [7, 11) is 1.56. The fourth-order valence-corrected chi connectivity index (χ4v) is 2.88. The molecule has 5 nitrogen and oxygen atoms in total. The van der Waals surface area contributed by atoms with E-state index in [4.69, 9.17) is 18.8 Å². The van der Waals surface area contributed by atoms with Crippen molar-refractivity contribution in [2.24, 2.45) is 0 Å². The van der Waals surface area contributed by atoms with Crippen LogP contribution in [0.4, 0.5) is 0 Å². The van der Waals surface area contributed by atoms with E-state index in [1.807, 2.05) is 25.2 Å². The van der Waals surface area contributed by atoms with Crippen LogP contribution in [0.5, 0.6) is 11.5 Å². The average molecular weight is 345 g/mol. The standard InChI is InChI=1S/C19H28BNO4/c1-18(2)19(3,4)25-20(24-18)15(13-21-5)11-14-7-8-16-17(12-14)23-10-6-9-22-16/h7-8,11-12,21H,6,9-10,13H2,1-5H3. The molecule has 0 unspecified atom stereocenters. The lowest BCUT2D eigenvalue weighted by atomic mass is 9.77. The fraction of sp³-hybridized carbons (Fsp3) is 0.579. The lowest BCUT2D eigenvalue weighted by Gasteiger charge is -2.32. The smallest absolute Gasteiger partial charge is 0.490 e. The summed E-state index contributed by atoms with van der Waals surface area (Å²) in [6.07, 6.45) is 3.01. The van der Waals surface area contributed by atoms with Crippen molar-refractivity contribution < 1.29 is 18.8 Å². The summed E-state index contributed by atoms with van der Waals surface area (Å²) in [5.74, 6) is 1.60. The lowest BCUT2D eigenvalue weighted by molar-refractivity contribution is 0.00578. The molecule has 0 spiro atoms. The zero-order valence-corrected chi connectivity index (χ0v) is 15.8. The van der Waals surface area contributed by atoms with Crippen molar-refractivity contribution in [3.05, 3.63) is 29.2 Å². The molecule has 136 valence electrons. The molecule has 0 atom stereocenters. The number of fused-ring (bicyclic) bond motifs is 1. The summed E-state index contributed by atoms with van der Waals surface area (Å²) in [4.78, 5) is 0. The maximum atomic E-state index is 6.20. The minimum Gasteiger partial charge on any atom is -0.490 e. The third-order valence-electron chi connectivity index (χ3n) is 5.06. The van der Waals surface area contributed by atoms with Crippen LogP contribution in [0.2, 0.25) is 0 Å². The first kappa shape index (κ1) is 18.3. The predicted molar refractivity (Wildman–Crippen MR) is 100 cm³/mol. The fourth-order valence-electron chi connectivity index (χ4n) is 2.88. The molecule has 2 aliphatic rings. The number of hydrogen-bond acceptors (Lipinski definition) is 5. The van der Waals surface area contributed by atoms with Gasteiger partial charge in [0.2, 0.25) is 0 Å². The summed E-state index contributed by atoms with van der Waals surface area (Å²) in [6.45, 7) is 10.3. The van der Waals surface area contributed by atoms with E-state index in [1.54, 1.807) is 0 Å². The summed E-state index contributed by atoms with van der Waals surface area (Å²) >= 11 is 0. The Morgan fingerprint density at radius 3 is 2.36 bits per heavy atom. The minimum absolute atomic E-state index is 0.352. The van der Waals surface area contributed by atoms with Crippen molar-refractivity contribution in [1.29, 1.82) is 0 Å². The van der Waals surface area contributed by atoms with Gasteiger partial charge >= 0.3 is 7.12 Å². The van der Waals surface area contributed by atoms with E-state index < -0.39 is 0 Å². The van der Waals surface area contributed by atoms with Crippen LogP contribution in [0, 0.1) is 0 Å². The van der Waals surface area contributed by atoms with Crippen molar-refractivity contribution in [2.45, 2.75) is 45.3 Å². The number of likely N-dealkylation sites (N-methyl/N-ethyl adjacent to an activating group) is 1. The number of hydrogen-bond donors (Lipinski definition) is 1. The van der Waals surface area contributed by atoms with Crippen molar-refractivity contribution >= 4 is 13.2 Å². The molecule has 1 N–H and O–H groups in total. The van der Waals surface area contributed by atoms with Gasteiger partial charge in [-0.1, -0.05) is 12.1 Å². The van der Waals surface area contributed by atoms with Crippen molar-refractivity contribution in [1.82, 2.24) is 5.32 Å². The molecule has 0 aliphatic carbocycles. The van der Waals surface area contributed by atoms with Crippen LogP contribution in [0.25, 0.3) is 6.08 Å². The summed E-state index contributed by atoms with van der Waals surface area (Å²) in [5.41, 5.74) is 1.39. The third-order valence-corrected chi connectivity index (χ3v) is 5.06. The van der Waals surface area contributed by atoms with Crippen LogP contribution in [0.15, 0.2) is 23.7 Å². The molecule has 1 aromatic rings. The van der Waals surface area contributed by atoms with Crippen molar-refractivity contribution in [3.63, 3.8) is 0 Å². The van der Waals surface area contributed by atoms with Crippen LogP contribution in [0.1, 0.15) is 39.7 Å². The molecule has 0 aromatic heterocycles. The van der Waals surface area contributed by atoms with Gasteiger partial charge in [-0.05, 0) is 57.9 Å². The van der Waals surface area contributed by atoms with Gasteiger partial charge in [0, 0.05) is 13.0 Å². The van der Waals surface area contributed by atoms with Crippen molar-refractivity contribution in [3.8, 4) is 11.5 Å². The molecule has 0 radical (unpaired) electrons. The van der Waals surface area contributed by atoms with Crippen LogP contribution in [-0.4, -0.2) is 45.1 Å². The van der Waals surface area contributed by atoms with Gasteiger partial charge in [-0.15, -0.1) is 0 Å². The minimum atomic E-state index is -0.367. The van der Waals surface area contributed by atoms with Gasteiger partial charge in [-0.3, -0.25) is 0 Å². The van der Waals surface area contributed by atoms with Gasteiger partial charge in [-0.25, -0.2) is 0 Å². The molecule has 0 saturated carbocycles. The zero-order valence-electron chi connectivity index (χ0n) is 15.8. The highest BCUT2D eigenvalue weighted by Gasteiger charge is 2.52. The lowest BCUT2D eigenvalue weighted by Crippen LogP contribution is -2.41. The number of rotatable bonds is 4. The van der Waals surface area contributed by atoms with Crippen LogP contribution < -0.4 is 14.8 Å². The van der Waals surface area contributed by atoms with Gasteiger partial charge in [-0.2, -0.15) is 0 Å². The Hall–Kier alpha value is -1.50. The molecular formula is C19H28BNO4. The molecule has 0 bridgehead atoms. The maximum absolute atomic E-state index is 6.20. The van der Waals surface area contributed by atoms with Gasteiger partial charge in [0.15, 0.2) is 11.5 Å². The molecule has 1 saturated heterocycles. The molecule has 1 aromatic carbocycles. The van der Waals surface area contributed by atoms with E-state index in [0.717, 1.165) is 29.0 Å². The molecule has 6 heteroatoms. The van der Waals surface area contributed by atoms with E-state index >= 15 is 0 Å². The van der Waals surface area contributed by atoms with E-state index in [1.165, 1.54) is 0 Å². The second-order valence-corrected chi connectivity index (χ2v) is 7.59. The van der Waals surface area contributed by atoms with Gasteiger partial charge in [0.05, 0.1) is 24.4 Å². The van der Waals surface area contributed by atoms with Crippen LogP contribution >= 0.6 is 0 Å². The van der Waals surface area contributed by atoms with E-state index in [-0.39, 0.29) is 18.3 Å². The highest BCUT2D eigenvalue weighted by Crippen LogP contribution is 2.39. The Labute approximate surface area is 150 Å². The Balaban J connectivity index is 1.87. The van der Waals surface area contributed by atoms with E-state index in [0.29, 0.717) is 19.8 Å². The molecule has 25 heavy (non-hydrogen) atoms. The normalized spacial score (nSPS) is 22.0. The van der Waals surface area contributed by atoms with Crippen molar-refractivity contribution in [2.75, 3.05) is 26.8 Å². The first-order valence-corrected chi connectivity index (χ1v) is 8.93. The Morgan fingerprint density at radius 2 is 1.72 bits per heavy atom. The average Bonchev–Trinajstić information content (AvgIpc) is 2.70. The van der Waals surface area contributed by atoms with Gasteiger partial charge < -0.3 is 24.1 Å². The Bertz CT molecular complexity index is 641. The molecular weight excluding hydrogens is 317 g/mol. The molecule has 2 heterocycles. The quantitative estimate of drug-likeness (QED) is 0.850. The largest absolute Gasteiger partial charge is 0.491 e. The molecule has 0 amide bonds. The van der Waals surface area contributed by atoms with Crippen LogP contribution in [-0.2, 0) is 9.31 Å². The van der Waals surface area contributed by atoms with Gasteiger partial charge in [0.1, 0.15) is 0 Å². The Morgan fingerprint density at radius 1 is 1.08 bits per heavy atom. The highest BCUT2D eigenvalue weighted by atomic mass is 16.7.